The monoisotopic (exact) mass is 274 g/mol. The molecular weight excluding hydrogens is 248 g/mol. The number of carbonyl (C=O) groups excluding carboxylic acids is 1. The lowest BCUT2D eigenvalue weighted by Gasteiger charge is -2.29. The zero-order chi connectivity index (χ0) is 13.4. The number of hydrogen-bond acceptors (Lipinski definition) is 4. The Bertz CT molecular complexity index is 245. The maximum absolute atomic E-state index is 12.3. The summed E-state index contributed by atoms with van der Waals surface area (Å²) in [6.07, 6.45) is 2.16. The lowest BCUT2D eigenvalue weighted by Crippen LogP contribution is -2.47. The topological polar surface area (TPSA) is 41.6 Å². The van der Waals surface area contributed by atoms with E-state index >= 15 is 0 Å². The van der Waals surface area contributed by atoms with E-state index in [1.165, 1.54) is 5.75 Å². The highest BCUT2D eigenvalue weighted by Gasteiger charge is 2.26. The van der Waals surface area contributed by atoms with Gasteiger partial charge in [0.15, 0.2) is 0 Å². The minimum Gasteiger partial charge on any atom is -0.383 e. The predicted molar refractivity (Wildman–Crippen MR) is 77.1 cm³/mol. The molecule has 1 aliphatic heterocycles. The average molecular weight is 274 g/mol. The Balaban J connectivity index is 2.44. The van der Waals surface area contributed by atoms with Crippen LogP contribution in [0.15, 0.2) is 0 Å². The Kier molecular flexibility index (Phi) is 7.70. The molecule has 5 heteroatoms. The summed E-state index contributed by atoms with van der Waals surface area (Å²) in [7, 11) is 1.68. The molecule has 2 atom stereocenters. The average Bonchev–Trinajstić information content (AvgIpc) is 2.90. The van der Waals surface area contributed by atoms with Crippen LogP contribution in [0.3, 0.4) is 0 Å². The van der Waals surface area contributed by atoms with Crippen LogP contribution in [-0.2, 0) is 9.53 Å². The molecule has 1 heterocycles. The van der Waals surface area contributed by atoms with Crippen molar-refractivity contribution in [3.05, 3.63) is 0 Å². The summed E-state index contributed by atoms with van der Waals surface area (Å²) in [5.41, 5.74) is 0. The van der Waals surface area contributed by atoms with Crippen molar-refractivity contribution in [2.45, 2.75) is 38.8 Å². The maximum atomic E-state index is 12.3. The molecule has 1 aliphatic rings. The van der Waals surface area contributed by atoms with Crippen LogP contribution in [0.4, 0.5) is 0 Å². The van der Waals surface area contributed by atoms with E-state index < -0.39 is 0 Å². The fraction of sp³-hybridized carbons (Fsp3) is 0.923. The fourth-order valence-electron chi connectivity index (χ4n) is 1.98. The molecule has 0 spiro atoms. The van der Waals surface area contributed by atoms with Crippen LogP contribution >= 0.6 is 11.8 Å². The zero-order valence-electron chi connectivity index (χ0n) is 11.8. The van der Waals surface area contributed by atoms with E-state index in [1.807, 2.05) is 16.7 Å². The van der Waals surface area contributed by atoms with Crippen LogP contribution in [0, 0.1) is 0 Å². The van der Waals surface area contributed by atoms with Crippen molar-refractivity contribution < 1.29 is 9.53 Å². The van der Waals surface area contributed by atoms with E-state index in [4.69, 9.17) is 4.74 Å². The summed E-state index contributed by atoms with van der Waals surface area (Å²) in [6.45, 7) is 6.01. The second-order valence-corrected chi connectivity index (χ2v) is 5.94. The zero-order valence-corrected chi connectivity index (χ0v) is 12.6. The number of amides is 1. The molecule has 4 nitrogen and oxygen atoms in total. The second-order valence-electron chi connectivity index (χ2n) is 4.79. The molecule has 106 valence electrons. The van der Waals surface area contributed by atoms with Gasteiger partial charge in [-0.1, -0.05) is 6.92 Å². The molecule has 1 amide bonds. The van der Waals surface area contributed by atoms with Gasteiger partial charge in [0.2, 0.25) is 5.91 Å². The van der Waals surface area contributed by atoms with E-state index in [0.717, 1.165) is 18.6 Å². The number of nitrogens with one attached hydrogen (secondary N) is 1. The van der Waals surface area contributed by atoms with Crippen LogP contribution in [0.5, 0.6) is 0 Å². The number of rotatable bonds is 8. The lowest BCUT2D eigenvalue weighted by molar-refractivity contribution is -0.132. The van der Waals surface area contributed by atoms with Crippen molar-refractivity contribution in [3.8, 4) is 0 Å². The fourth-order valence-corrected chi connectivity index (χ4v) is 3.20. The summed E-state index contributed by atoms with van der Waals surface area (Å²) >= 11 is 1.94. The summed E-state index contributed by atoms with van der Waals surface area (Å²) in [5.74, 6) is 2.44. The molecule has 1 saturated heterocycles. The molecular formula is C13H26N2O2S. The number of ether oxygens (including phenoxy) is 1. The Morgan fingerprint density at radius 3 is 2.94 bits per heavy atom. The second kappa shape index (κ2) is 8.77. The maximum Gasteiger partial charge on any atom is 0.236 e. The Morgan fingerprint density at radius 2 is 2.39 bits per heavy atom. The van der Waals surface area contributed by atoms with Gasteiger partial charge in [-0.3, -0.25) is 4.79 Å². The van der Waals surface area contributed by atoms with Gasteiger partial charge in [0.25, 0.3) is 0 Å². The number of carbonyl (C=O) groups is 1. The minimum atomic E-state index is 0.208. The van der Waals surface area contributed by atoms with Crippen molar-refractivity contribution in [1.82, 2.24) is 10.2 Å². The van der Waals surface area contributed by atoms with E-state index in [0.29, 0.717) is 31.8 Å². The molecule has 1 rings (SSSR count). The predicted octanol–water partition coefficient (Wildman–Crippen LogP) is 1.36. The lowest BCUT2D eigenvalue weighted by atomic mass is 10.2. The Hall–Kier alpha value is -0.260. The van der Waals surface area contributed by atoms with Crippen molar-refractivity contribution in [3.63, 3.8) is 0 Å². The number of methoxy groups -OCH3 is 1. The summed E-state index contributed by atoms with van der Waals surface area (Å²) in [5, 5.41) is 3.27. The highest BCUT2D eigenvalue weighted by molar-refractivity contribution is 7.99. The largest absolute Gasteiger partial charge is 0.383 e. The van der Waals surface area contributed by atoms with Crippen molar-refractivity contribution in [2.24, 2.45) is 0 Å². The number of thioether (sulfide) groups is 1. The molecule has 0 radical (unpaired) electrons. The first-order chi connectivity index (χ1) is 8.69. The van der Waals surface area contributed by atoms with Gasteiger partial charge in [-0.2, -0.15) is 11.8 Å². The van der Waals surface area contributed by atoms with Gasteiger partial charge in [-0.05, 0) is 25.5 Å². The van der Waals surface area contributed by atoms with Gasteiger partial charge in [0.1, 0.15) is 0 Å². The van der Waals surface area contributed by atoms with E-state index in [9.17, 15) is 4.79 Å². The third kappa shape index (κ3) is 5.16. The SMILES string of the molecule is CCC(C)NCC(=O)N(CCOC)C1CCSC1. The first-order valence-corrected chi connectivity index (χ1v) is 7.94. The number of nitrogens with zero attached hydrogens (tertiary/aromatic N) is 1. The molecule has 1 fully saturated rings. The summed E-state index contributed by atoms with van der Waals surface area (Å²) < 4.78 is 5.11. The van der Waals surface area contributed by atoms with Gasteiger partial charge < -0.3 is 15.0 Å². The van der Waals surface area contributed by atoms with Gasteiger partial charge in [0.05, 0.1) is 13.2 Å². The first-order valence-electron chi connectivity index (χ1n) is 6.78. The van der Waals surface area contributed by atoms with Crippen LogP contribution < -0.4 is 5.32 Å². The van der Waals surface area contributed by atoms with Crippen LogP contribution in [0.1, 0.15) is 26.7 Å². The molecule has 18 heavy (non-hydrogen) atoms. The quantitative estimate of drug-likeness (QED) is 0.725. The Labute approximate surface area is 115 Å². The van der Waals surface area contributed by atoms with Gasteiger partial charge in [-0.15, -0.1) is 0 Å². The molecule has 0 saturated carbocycles. The summed E-state index contributed by atoms with van der Waals surface area (Å²) in [4.78, 5) is 14.3. The normalized spacial score (nSPS) is 20.9. The van der Waals surface area contributed by atoms with Crippen LogP contribution in [0.25, 0.3) is 0 Å². The highest BCUT2D eigenvalue weighted by atomic mass is 32.2. The van der Waals surface area contributed by atoms with Crippen molar-refractivity contribution in [2.75, 3.05) is 38.3 Å². The molecule has 0 aliphatic carbocycles. The molecule has 0 aromatic carbocycles. The van der Waals surface area contributed by atoms with Gasteiger partial charge in [-0.25, -0.2) is 0 Å². The number of hydrogen-bond donors (Lipinski definition) is 1. The van der Waals surface area contributed by atoms with Gasteiger partial charge in [0, 0.05) is 31.5 Å². The minimum absolute atomic E-state index is 0.208. The Morgan fingerprint density at radius 1 is 1.61 bits per heavy atom. The molecule has 0 aromatic heterocycles. The third-order valence-electron chi connectivity index (χ3n) is 3.42. The van der Waals surface area contributed by atoms with E-state index in [-0.39, 0.29) is 5.91 Å². The van der Waals surface area contributed by atoms with Crippen LogP contribution in [-0.4, -0.2) is 61.2 Å². The van der Waals surface area contributed by atoms with Crippen LogP contribution in [0.2, 0.25) is 0 Å². The van der Waals surface area contributed by atoms with Gasteiger partial charge >= 0.3 is 0 Å². The molecule has 2 unspecified atom stereocenters. The molecule has 0 aromatic rings. The molecule has 0 bridgehead atoms. The summed E-state index contributed by atoms with van der Waals surface area (Å²) in [6, 6.07) is 0.799. The van der Waals surface area contributed by atoms with E-state index in [2.05, 4.69) is 19.2 Å². The highest BCUT2D eigenvalue weighted by Crippen LogP contribution is 2.22. The molecule has 1 N–H and O–H groups in total. The smallest absolute Gasteiger partial charge is 0.236 e. The van der Waals surface area contributed by atoms with Crippen molar-refractivity contribution >= 4 is 17.7 Å². The van der Waals surface area contributed by atoms with Crippen molar-refractivity contribution in [1.29, 1.82) is 0 Å². The third-order valence-corrected chi connectivity index (χ3v) is 4.56. The standard InChI is InChI=1S/C13H26N2O2S/c1-4-11(2)14-9-13(16)15(6-7-17-3)12-5-8-18-10-12/h11-12,14H,4-10H2,1-3H3. The first kappa shape index (κ1) is 15.8. The van der Waals surface area contributed by atoms with E-state index in [1.54, 1.807) is 7.11 Å².